The van der Waals surface area contributed by atoms with Crippen molar-refractivity contribution in [2.24, 2.45) is 0 Å². The van der Waals surface area contributed by atoms with Gasteiger partial charge in [-0.25, -0.2) is 4.90 Å². The van der Waals surface area contributed by atoms with E-state index in [0.717, 1.165) is 4.90 Å². The van der Waals surface area contributed by atoms with E-state index < -0.39 is 11.8 Å². The number of hydrogen-bond acceptors (Lipinski definition) is 3. The fraction of sp³-hybridized carbons (Fsp3) is 0. The molecule has 2 amide bonds. The van der Waals surface area contributed by atoms with E-state index in [4.69, 9.17) is 0 Å². The third-order valence-electron chi connectivity index (χ3n) is 1.89. The van der Waals surface area contributed by atoms with Crippen LogP contribution in [0.5, 0.6) is 0 Å². The minimum Gasteiger partial charge on any atom is -0.268 e. The molecule has 0 fully saturated rings. The first-order valence-corrected chi connectivity index (χ1v) is 4.02. The second kappa shape index (κ2) is 2.74. The number of imide groups is 1. The SMILES string of the molecule is O=C1c2ccccc2C(=O)N1[C]=S. The van der Waals surface area contributed by atoms with Gasteiger partial charge in [0.15, 0.2) is 5.49 Å². The standard InChI is InChI=1S/C9H4NO2S/c11-8-6-3-1-2-4-7(6)9(12)10(8)5-13/h1-4H. The Morgan fingerprint density at radius 1 is 1.08 bits per heavy atom. The number of thiocarbonyl (C=S) groups is 1. The molecule has 0 atom stereocenters. The summed E-state index contributed by atoms with van der Waals surface area (Å²) in [6.07, 6.45) is 0. The third-order valence-corrected chi connectivity index (χ3v) is 2.07. The average Bonchev–Trinajstić information content (AvgIpc) is 2.41. The van der Waals surface area contributed by atoms with Gasteiger partial charge in [-0.05, 0) is 12.1 Å². The Morgan fingerprint density at radius 2 is 1.54 bits per heavy atom. The van der Waals surface area contributed by atoms with Crippen LogP contribution >= 0.6 is 12.2 Å². The van der Waals surface area contributed by atoms with Gasteiger partial charge >= 0.3 is 0 Å². The number of nitrogens with zero attached hydrogens (tertiary/aromatic N) is 1. The molecule has 1 heterocycles. The van der Waals surface area contributed by atoms with Crippen LogP contribution in [-0.2, 0) is 0 Å². The van der Waals surface area contributed by atoms with Crippen LogP contribution in [0.3, 0.4) is 0 Å². The predicted molar refractivity (Wildman–Crippen MR) is 49.5 cm³/mol. The fourth-order valence-corrected chi connectivity index (χ4v) is 1.44. The van der Waals surface area contributed by atoms with E-state index in [1.807, 2.05) is 0 Å². The van der Waals surface area contributed by atoms with E-state index in [1.165, 1.54) is 0 Å². The van der Waals surface area contributed by atoms with E-state index in [1.54, 1.807) is 24.3 Å². The summed E-state index contributed by atoms with van der Waals surface area (Å²) in [5, 5.41) is 0. The Hall–Kier alpha value is -1.55. The Bertz CT molecular complexity index is 379. The number of amides is 2. The summed E-state index contributed by atoms with van der Waals surface area (Å²) in [4.78, 5) is 23.6. The average molecular weight is 190 g/mol. The van der Waals surface area contributed by atoms with E-state index >= 15 is 0 Å². The second-order valence-corrected chi connectivity index (χ2v) is 2.77. The number of hydrogen-bond donors (Lipinski definition) is 0. The van der Waals surface area contributed by atoms with E-state index in [2.05, 4.69) is 17.7 Å². The Morgan fingerprint density at radius 3 is 1.92 bits per heavy atom. The van der Waals surface area contributed by atoms with Crippen LogP contribution in [0.4, 0.5) is 0 Å². The van der Waals surface area contributed by atoms with Gasteiger partial charge in [0.05, 0.1) is 11.1 Å². The van der Waals surface area contributed by atoms with Crippen LogP contribution in [0.1, 0.15) is 20.7 Å². The van der Waals surface area contributed by atoms with Crippen molar-refractivity contribution in [3.63, 3.8) is 0 Å². The minimum absolute atomic E-state index is 0.393. The lowest BCUT2D eigenvalue weighted by atomic mass is 10.1. The zero-order valence-corrected chi connectivity index (χ0v) is 7.30. The van der Waals surface area contributed by atoms with Crippen LogP contribution in [-0.4, -0.2) is 22.2 Å². The summed E-state index contributed by atoms with van der Waals surface area (Å²) >= 11 is 4.45. The molecule has 3 nitrogen and oxygen atoms in total. The quantitative estimate of drug-likeness (QED) is 0.492. The molecule has 63 valence electrons. The number of carbonyl (C=O) groups excluding carboxylic acids is 2. The lowest BCUT2D eigenvalue weighted by Gasteiger charge is -2.01. The van der Waals surface area contributed by atoms with Crippen molar-refractivity contribution < 1.29 is 9.59 Å². The van der Waals surface area contributed by atoms with Gasteiger partial charge < -0.3 is 0 Å². The van der Waals surface area contributed by atoms with Crippen molar-refractivity contribution >= 4 is 29.5 Å². The van der Waals surface area contributed by atoms with Crippen molar-refractivity contribution in [2.75, 3.05) is 0 Å². The Balaban J connectivity index is 2.63. The van der Waals surface area contributed by atoms with Crippen LogP contribution in [0.25, 0.3) is 0 Å². The van der Waals surface area contributed by atoms with Crippen LogP contribution in [0.15, 0.2) is 24.3 Å². The molecule has 0 N–H and O–H groups in total. The molecule has 1 radical (unpaired) electrons. The molecule has 0 aliphatic carbocycles. The first-order chi connectivity index (χ1) is 6.25. The maximum atomic E-state index is 11.4. The molecular weight excluding hydrogens is 186 g/mol. The molecule has 1 aliphatic rings. The van der Waals surface area contributed by atoms with Gasteiger partial charge in [0, 0.05) is 0 Å². The van der Waals surface area contributed by atoms with Gasteiger partial charge in [-0.1, -0.05) is 24.4 Å². The monoisotopic (exact) mass is 190 g/mol. The van der Waals surface area contributed by atoms with E-state index in [-0.39, 0.29) is 0 Å². The summed E-state index contributed by atoms with van der Waals surface area (Å²) in [5.41, 5.74) is 2.91. The topological polar surface area (TPSA) is 37.4 Å². The molecule has 0 spiro atoms. The van der Waals surface area contributed by atoms with Gasteiger partial charge in [-0.15, -0.1) is 0 Å². The lowest BCUT2D eigenvalue weighted by molar-refractivity contribution is 0.0757. The molecular formula is C9H4NO2S. The van der Waals surface area contributed by atoms with Crippen LogP contribution in [0.2, 0.25) is 0 Å². The number of rotatable bonds is 1. The van der Waals surface area contributed by atoms with Gasteiger partial charge in [-0.3, -0.25) is 9.59 Å². The number of benzene rings is 1. The summed E-state index contributed by atoms with van der Waals surface area (Å²) in [7, 11) is 0. The Kier molecular flexibility index (Phi) is 1.70. The molecule has 13 heavy (non-hydrogen) atoms. The fourth-order valence-electron chi connectivity index (χ4n) is 1.27. The van der Waals surface area contributed by atoms with Gasteiger partial charge in [0.1, 0.15) is 0 Å². The zero-order valence-electron chi connectivity index (χ0n) is 6.48. The molecule has 1 aliphatic heterocycles. The summed E-state index contributed by atoms with van der Waals surface area (Å²) in [5.74, 6) is -0.786. The molecule has 1 aromatic carbocycles. The summed E-state index contributed by atoms with van der Waals surface area (Å²) in [6.45, 7) is 0. The van der Waals surface area contributed by atoms with Crippen LogP contribution in [0, 0.1) is 0 Å². The first kappa shape index (κ1) is 8.07. The highest BCUT2D eigenvalue weighted by Gasteiger charge is 2.33. The normalized spacial score (nSPS) is 14.6. The van der Waals surface area contributed by atoms with Crippen LogP contribution < -0.4 is 0 Å². The van der Waals surface area contributed by atoms with Crippen molar-refractivity contribution in [1.29, 1.82) is 0 Å². The molecule has 0 saturated carbocycles. The molecule has 0 unspecified atom stereocenters. The van der Waals surface area contributed by atoms with Gasteiger partial charge in [-0.2, -0.15) is 0 Å². The van der Waals surface area contributed by atoms with Crippen molar-refractivity contribution in [3.05, 3.63) is 35.4 Å². The lowest BCUT2D eigenvalue weighted by Crippen LogP contribution is -2.26. The Labute approximate surface area is 80.0 Å². The highest BCUT2D eigenvalue weighted by molar-refractivity contribution is 7.78. The van der Waals surface area contributed by atoms with Gasteiger partial charge in [0.2, 0.25) is 0 Å². The largest absolute Gasteiger partial charge is 0.268 e. The maximum Gasteiger partial charge on any atom is 0.266 e. The predicted octanol–water partition coefficient (Wildman–Crippen LogP) is 1.12. The summed E-state index contributed by atoms with van der Waals surface area (Å²) < 4.78 is 0. The number of carbonyl (C=O) groups is 2. The minimum atomic E-state index is -0.393. The highest BCUT2D eigenvalue weighted by Crippen LogP contribution is 2.20. The van der Waals surface area contributed by atoms with E-state index in [0.29, 0.717) is 11.1 Å². The molecule has 2 rings (SSSR count). The van der Waals surface area contributed by atoms with E-state index in [9.17, 15) is 9.59 Å². The number of fused-ring (bicyclic) bond motifs is 1. The molecule has 4 heteroatoms. The van der Waals surface area contributed by atoms with Crippen molar-refractivity contribution in [2.45, 2.75) is 0 Å². The highest BCUT2D eigenvalue weighted by atomic mass is 32.1. The molecule has 0 aromatic heterocycles. The van der Waals surface area contributed by atoms with Crippen molar-refractivity contribution in [3.8, 4) is 0 Å². The molecule has 0 bridgehead atoms. The maximum absolute atomic E-state index is 11.4. The first-order valence-electron chi connectivity index (χ1n) is 3.61. The smallest absolute Gasteiger partial charge is 0.266 e. The van der Waals surface area contributed by atoms with Gasteiger partial charge in [0.25, 0.3) is 11.8 Å². The molecule has 1 aromatic rings. The van der Waals surface area contributed by atoms with Crippen molar-refractivity contribution in [1.82, 2.24) is 4.90 Å². The summed E-state index contributed by atoms with van der Waals surface area (Å²) in [6, 6.07) is 6.61. The zero-order chi connectivity index (χ0) is 9.42. The third kappa shape index (κ3) is 0.990. The molecule has 0 saturated heterocycles. The second-order valence-electron chi connectivity index (χ2n) is 2.58.